The molecule has 3 heterocycles. The zero-order valence-electron chi connectivity index (χ0n) is 12.4. The number of anilines is 3. The first kappa shape index (κ1) is 13.8. The van der Waals surface area contributed by atoms with Crippen LogP contribution >= 0.6 is 0 Å². The Bertz CT molecular complexity index is 588. The van der Waals surface area contributed by atoms with Gasteiger partial charge >= 0.3 is 0 Å². The van der Waals surface area contributed by atoms with Gasteiger partial charge < -0.3 is 10.2 Å². The van der Waals surface area contributed by atoms with E-state index >= 15 is 0 Å². The monoisotopic (exact) mass is 284 g/mol. The van der Waals surface area contributed by atoms with Crippen LogP contribution in [0.3, 0.4) is 0 Å². The van der Waals surface area contributed by atoms with E-state index in [0.29, 0.717) is 12.0 Å². The average molecular weight is 284 g/mol. The molecule has 0 spiro atoms. The van der Waals surface area contributed by atoms with Crippen molar-refractivity contribution in [3.8, 4) is 0 Å². The second-order valence-corrected chi connectivity index (χ2v) is 5.18. The van der Waals surface area contributed by atoms with E-state index in [1.807, 2.05) is 49.5 Å². The molecule has 1 aliphatic rings. The molecule has 2 aromatic heterocycles. The summed E-state index contributed by atoms with van der Waals surface area (Å²) in [6.07, 6.45) is 4.73. The molecule has 1 fully saturated rings. The lowest BCUT2D eigenvalue weighted by molar-refractivity contribution is 0.616. The van der Waals surface area contributed by atoms with E-state index in [2.05, 4.69) is 25.2 Å². The van der Waals surface area contributed by atoms with Gasteiger partial charge in [0.1, 0.15) is 11.6 Å². The Morgan fingerprint density at radius 2 is 2.14 bits per heavy atom. The van der Waals surface area contributed by atoms with Crippen molar-refractivity contribution in [2.24, 2.45) is 0 Å². The van der Waals surface area contributed by atoms with Crippen molar-refractivity contribution in [2.75, 3.05) is 37.0 Å². The fraction of sp³-hybridized carbons (Fsp3) is 0.400. The van der Waals surface area contributed by atoms with Gasteiger partial charge in [0.05, 0.1) is 0 Å². The number of likely N-dealkylation sites (N-methyl/N-ethyl adjacent to an activating group) is 1. The van der Waals surface area contributed by atoms with Crippen molar-refractivity contribution in [1.82, 2.24) is 20.3 Å². The molecule has 1 saturated heterocycles. The van der Waals surface area contributed by atoms with E-state index in [-0.39, 0.29) is 0 Å². The highest BCUT2D eigenvalue weighted by Crippen LogP contribution is 2.22. The molecule has 2 aromatic rings. The molecule has 110 valence electrons. The standard InChI is InChI=1S/C15H20N6/c1-16-12-7-10-21(11-12)14-6-9-18-15(19-14)20(2)13-5-3-4-8-17-13/h3-6,8-9,12,16H,7,10-11H2,1-2H3/t12-/m1/s1. The van der Waals surface area contributed by atoms with E-state index in [1.165, 1.54) is 0 Å². The Labute approximate surface area is 124 Å². The zero-order chi connectivity index (χ0) is 14.7. The molecule has 1 N–H and O–H groups in total. The first-order valence-corrected chi connectivity index (χ1v) is 7.18. The van der Waals surface area contributed by atoms with Crippen LogP contribution in [0.1, 0.15) is 6.42 Å². The van der Waals surface area contributed by atoms with Crippen molar-refractivity contribution in [2.45, 2.75) is 12.5 Å². The summed E-state index contributed by atoms with van der Waals surface area (Å²) >= 11 is 0. The van der Waals surface area contributed by atoms with Gasteiger partial charge in [-0.15, -0.1) is 0 Å². The first-order valence-electron chi connectivity index (χ1n) is 7.18. The van der Waals surface area contributed by atoms with Crippen LogP contribution in [0.25, 0.3) is 0 Å². The summed E-state index contributed by atoms with van der Waals surface area (Å²) in [5.41, 5.74) is 0. The molecule has 3 rings (SSSR count). The lowest BCUT2D eigenvalue weighted by Crippen LogP contribution is -2.30. The Balaban J connectivity index is 1.80. The van der Waals surface area contributed by atoms with Gasteiger partial charge in [-0.1, -0.05) is 6.07 Å². The predicted octanol–water partition coefficient (Wildman–Crippen LogP) is 1.44. The molecular formula is C15H20N6. The van der Waals surface area contributed by atoms with Gasteiger partial charge in [-0.25, -0.2) is 9.97 Å². The van der Waals surface area contributed by atoms with Crippen molar-refractivity contribution in [3.05, 3.63) is 36.7 Å². The maximum absolute atomic E-state index is 4.67. The number of hydrogen-bond donors (Lipinski definition) is 1. The third-order valence-electron chi connectivity index (χ3n) is 3.84. The van der Waals surface area contributed by atoms with Crippen LogP contribution in [0.4, 0.5) is 17.6 Å². The molecule has 0 aliphatic carbocycles. The predicted molar refractivity (Wildman–Crippen MR) is 84.0 cm³/mol. The van der Waals surface area contributed by atoms with E-state index in [4.69, 9.17) is 0 Å². The van der Waals surface area contributed by atoms with Crippen molar-refractivity contribution in [3.63, 3.8) is 0 Å². The molecule has 1 atom stereocenters. The smallest absolute Gasteiger partial charge is 0.232 e. The zero-order valence-corrected chi connectivity index (χ0v) is 12.4. The van der Waals surface area contributed by atoms with Gasteiger partial charge in [0.15, 0.2) is 0 Å². The Morgan fingerprint density at radius 3 is 2.86 bits per heavy atom. The van der Waals surface area contributed by atoms with Crippen LogP contribution in [0.2, 0.25) is 0 Å². The van der Waals surface area contributed by atoms with Crippen LogP contribution < -0.4 is 15.1 Å². The summed E-state index contributed by atoms with van der Waals surface area (Å²) in [5, 5.41) is 3.32. The normalized spacial score (nSPS) is 18.0. The SMILES string of the molecule is CN[C@@H]1CCN(c2ccnc(N(C)c3ccccn3)n2)C1. The van der Waals surface area contributed by atoms with Gasteiger partial charge in [-0.05, 0) is 31.7 Å². The molecule has 1 aliphatic heterocycles. The number of hydrogen-bond acceptors (Lipinski definition) is 6. The van der Waals surface area contributed by atoms with Gasteiger partial charge in [-0.2, -0.15) is 4.98 Å². The fourth-order valence-electron chi connectivity index (χ4n) is 2.54. The largest absolute Gasteiger partial charge is 0.355 e. The minimum Gasteiger partial charge on any atom is -0.355 e. The van der Waals surface area contributed by atoms with Gasteiger partial charge in [0.25, 0.3) is 0 Å². The molecule has 0 saturated carbocycles. The first-order chi connectivity index (χ1) is 10.3. The maximum atomic E-state index is 4.67. The minimum absolute atomic E-state index is 0.539. The van der Waals surface area contributed by atoms with Crippen LogP contribution in [-0.4, -0.2) is 48.2 Å². The van der Waals surface area contributed by atoms with Crippen LogP contribution in [0.15, 0.2) is 36.7 Å². The molecule has 0 aromatic carbocycles. The molecule has 0 radical (unpaired) electrons. The molecule has 21 heavy (non-hydrogen) atoms. The maximum Gasteiger partial charge on any atom is 0.232 e. The average Bonchev–Trinajstić information content (AvgIpc) is 3.04. The van der Waals surface area contributed by atoms with Gasteiger partial charge in [0, 0.05) is 38.6 Å². The van der Waals surface area contributed by atoms with Crippen molar-refractivity contribution >= 4 is 17.6 Å². The summed E-state index contributed by atoms with van der Waals surface area (Å²) in [6.45, 7) is 2.01. The number of rotatable bonds is 4. The van der Waals surface area contributed by atoms with E-state index in [1.54, 1.807) is 6.20 Å². The number of pyridine rings is 1. The number of nitrogens with one attached hydrogen (secondary N) is 1. The summed E-state index contributed by atoms with van der Waals surface area (Å²) in [7, 11) is 3.94. The quantitative estimate of drug-likeness (QED) is 0.917. The van der Waals surface area contributed by atoms with Crippen LogP contribution in [0, 0.1) is 0 Å². The Morgan fingerprint density at radius 1 is 1.24 bits per heavy atom. The topological polar surface area (TPSA) is 57.2 Å². The van der Waals surface area contributed by atoms with Crippen molar-refractivity contribution < 1.29 is 0 Å². The molecule has 0 unspecified atom stereocenters. The summed E-state index contributed by atoms with van der Waals surface area (Å²) in [4.78, 5) is 17.5. The number of aromatic nitrogens is 3. The summed E-state index contributed by atoms with van der Waals surface area (Å²) in [6, 6.07) is 8.31. The second-order valence-electron chi connectivity index (χ2n) is 5.18. The van der Waals surface area contributed by atoms with Gasteiger partial charge in [-0.3, -0.25) is 4.90 Å². The molecule has 6 nitrogen and oxygen atoms in total. The van der Waals surface area contributed by atoms with E-state index in [9.17, 15) is 0 Å². The third-order valence-corrected chi connectivity index (χ3v) is 3.84. The minimum atomic E-state index is 0.539. The molecular weight excluding hydrogens is 264 g/mol. The highest BCUT2D eigenvalue weighted by molar-refractivity contribution is 5.53. The van der Waals surface area contributed by atoms with E-state index < -0.39 is 0 Å². The molecule has 0 amide bonds. The van der Waals surface area contributed by atoms with Crippen molar-refractivity contribution in [1.29, 1.82) is 0 Å². The molecule has 6 heteroatoms. The number of nitrogens with zero attached hydrogens (tertiary/aromatic N) is 5. The summed E-state index contributed by atoms with van der Waals surface area (Å²) in [5.74, 6) is 2.48. The third kappa shape index (κ3) is 2.95. The second kappa shape index (κ2) is 6.05. The summed E-state index contributed by atoms with van der Waals surface area (Å²) < 4.78 is 0. The highest BCUT2D eigenvalue weighted by atomic mass is 15.3. The van der Waals surface area contributed by atoms with Crippen LogP contribution in [0.5, 0.6) is 0 Å². The van der Waals surface area contributed by atoms with Gasteiger partial charge in [0.2, 0.25) is 5.95 Å². The Kier molecular flexibility index (Phi) is 3.96. The highest BCUT2D eigenvalue weighted by Gasteiger charge is 2.22. The van der Waals surface area contributed by atoms with E-state index in [0.717, 1.165) is 31.1 Å². The van der Waals surface area contributed by atoms with Crippen LogP contribution in [-0.2, 0) is 0 Å². The lowest BCUT2D eigenvalue weighted by atomic mass is 10.3. The Hall–Kier alpha value is -2.21. The lowest BCUT2D eigenvalue weighted by Gasteiger charge is -2.20. The fourth-order valence-corrected chi connectivity index (χ4v) is 2.54. The molecule has 0 bridgehead atoms.